The van der Waals surface area contributed by atoms with Crippen molar-refractivity contribution in [2.75, 3.05) is 12.4 Å². The van der Waals surface area contributed by atoms with Crippen LogP contribution in [0.3, 0.4) is 0 Å². The van der Waals surface area contributed by atoms with E-state index in [1.807, 2.05) is 13.8 Å². The predicted octanol–water partition coefficient (Wildman–Crippen LogP) is 2.84. The van der Waals surface area contributed by atoms with Gasteiger partial charge in [0.05, 0.1) is 12.4 Å². The third-order valence-electron chi connectivity index (χ3n) is 4.30. The number of ether oxygens (including phenoxy) is 1. The molecule has 21 heavy (non-hydrogen) atoms. The van der Waals surface area contributed by atoms with E-state index in [4.69, 9.17) is 9.88 Å². The highest BCUT2D eigenvalue weighted by Crippen LogP contribution is 2.40. The molecule has 1 aromatic carbocycles. The highest BCUT2D eigenvalue weighted by Gasteiger charge is 2.38. The third kappa shape index (κ3) is 4.20. The Hall–Kier alpha value is -1.07. The van der Waals surface area contributed by atoms with Crippen LogP contribution in [-0.4, -0.2) is 20.8 Å². The van der Waals surface area contributed by atoms with Crippen molar-refractivity contribution in [2.24, 2.45) is 10.6 Å². The molecule has 1 aliphatic rings. The smallest absolute Gasteiger partial charge is 0.209 e. The number of hydrogen-bond donors (Lipinski definition) is 1. The molecule has 0 unspecified atom stereocenters. The second-order valence-electron chi connectivity index (χ2n) is 6.53. The van der Waals surface area contributed by atoms with E-state index in [1.54, 1.807) is 0 Å². The van der Waals surface area contributed by atoms with Gasteiger partial charge in [0.15, 0.2) is 0 Å². The molecule has 0 spiro atoms. The molecule has 0 amide bonds. The second kappa shape index (κ2) is 5.97. The van der Waals surface area contributed by atoms with E-state index in [-0.39, 0.29) is 11.2 Å². The van der Waals surface area contributed by atoms with E-state index in [1.165, 1.54) is 5.56 Å². The Labute approximate surface area is 127 Å². The Bertz CT molecular complexity index is 593. The van der Waals surface area contributed by atoms with Gasteiger partial charge in [0.2, 0.25) is 10.0 Å². The molecule has 0 radical (unpaired) electrons. The molecular formula is C16H25NO3S. The first kappa shape index (κ1) is 16.3. The molecule has 0 heterocycles. The zero-order valence-electron chi connectivity index (χ0n) is 13.1. The molecule has 4 nitrogen and oxygen atoms in total. The summed E-state index contributed by atoms with van der Waals surface area (Å²) in [7, 11) is -3.48. The maximum absolute atomic E-state index is 11.5. The molecule has 2 N–H and O–H groups in total. The number of rotatable bonds is 5. The van der Waals surface area contributed by atoms with Gasteiger partial charge in [-0.05, 0) is 44.7 Å². The van der Waals surface area contributed by atoms with Gasteiger partial charge in [0.1, 0.15) is 5.75 Å². The first-order chi connectivity index (χ1) is 9.71. The van der Waals surface area contributed by atoms with E-state index in [0.29, 0.717) is 6.61 Å². The quantitative estimate of drug-likeness (QED) is 0.909. The molecule has 0 atom stereocenters. The normalized spacial score (nSPS) is 17.9. The first-order valence-electron chi connectivity index (χ1n) is 7.42. The first-order valence-corrected chi connectivity index (χ1v) is 9.13. The average molecular weight is 311 g/mol. The van der Waals surface area contributed by atoms with Crippen molar-refractivity contribution in [1.82, 2.24) is 0 Å². The maximum Gasteiger partial charge on any atom is 0.209 e. The lowest BCUT2D eigenvalue weighted by molar-refractivity contribution is 0.169. The van der Waals surface area contributed by atoms with Crippen molar-refractivity contribution >= 4 is 10.0 Å². The fraction of sp³-hybridized carbons (Fsp3) is 0.625. The number of aryl methyl sites for hydroxylation is 3. The molecule has 1 fully saturated rings. The van der Waals surface area contributed by atoms with E-state index in [0.717, 1.165) is 42.6 Å². The predicted molar refractivity (Wildman–Crippen MR) is 85.0 cm³/mol. The molecule has 1 aromatic rings. The number of sulfonamides is 1. The number of hydrogen-bond acceptors (Lipinski definition) is 3. The van der Waals surface area contributed by atoms with Crippen LogP contribution in [0.1, 0.15) is 42.4 Å². The molecule has 0 aliphatic heterocycles. The van der Waals surface area contributed by atoms with Crippen LogP contribution < -0.4 is 9.88 Å². The topological polar surface area (TPSA) is 69.4 Å². The van der Waals surface area contributed by atoms with Crippen LogP contribution >= 0.6 is 0 Å². The molecular weight excluding hydrogens is 286 g/mol. The zero-order valence-corrected chi connectivity index (χ0v) is 13.9. The summed E-state index contributed by atoms with van der Waals surface area (Å²) in [5.74, 6) is 0.894. The largest absolute Gasteiger partial charge is 0.492 e. The Morgan fingerprint density at radius 3 is 2.14 bits per heavy atom. The minimum Gasteiger partial charge on any atom is -0.492 e. The van der Waals surface area contributed by atoms with Crippen LogP contribution in [0, 0.1) is 26.2 Å². The van der Waals surface area contributed by atoms with Gasteiger partial charge in [-0.25, -0.2) is 13.6 Å². The van der Waals surface area contributed by atoms with Crippen LogP contribution in [-0.2, 0) is 10.0 Å². The van der Waals surface area contributed by atoms with Gasteiger partial charge in [0, 0.05) is 5.41 Å². The third-order valence-corrected chi connectivity index (χ3v) is 5.31. The SMILES string of the molecule is Cc1cc(C)c(OCC2(CS(N)(=O)=O)CCCC2)c(C)c1. The summed E-state index contributed by atoms with van der Waals surface area (Å²) in [6.07, 6.45) is 3.83. The van der Waals surface area contributed by atoms with Crippen LogP contribution in [0.15, 0.2) is 12.1 Å². The van der Waals surface area contributed by atoms with Gasteiger partial charge in [-0.3, -0.25) is 0 Å². The summed E-state index contributed by atoms with van der Waals surface area (Å²) < 4.78 is 29.0. The molecule has 118 valence electrons. The Morgan fingerprint density at radius 1 is 1.14 bits per heavy atom. The molecule has 0 bridgehead atoms. The Balaban J connectivity index is 2.17. The molecule has 1 aliphatic carbocycles. The zero-order chi connectivity index (χ0) is 15.7. The molecule has 1 saturated carbocycles. The van der Waals surface area contributed by atoms with E-state index in [9.17, 15) is 8.42 Å². The van der Waals surface area contributed by atoms with E-state index in [2.05, 4.69) is 19.1 Å². The highest BCUT2D eigenvalue weighted by atomic mass is 32.2. The van der Waals surface area contributed by atoms with Gasteiger partial charge >= 0.3 is 0 Å². The number of benzene rings is 1. The standard InChI is InChI=1S/C16H25NO3S/c1-12-8-13(2)15(14(3)9-12)20-10-16(6-4-5-7-16)11-21(17,18)19/h8-9H,4-7,10-11H2,1-3H3,(H2,17,18,19). The van der Waals surface area contributed by atoms with Crippen LogP contribution in [0.5, 0.6) is 5.75 Å². The Morgan fingerprint density at radius 2 is 1.67 bits per heavy atom. The van der Waals surface area contributed by atoms with Crippen molar-refractivity contribution < 1.29 is 13.2 Å². The minimum absolute atomic E-state index is 0.0178. The molecule has 2 rings (SSSR count). The van der Waals surface area contributed by atoms with E-state index < -0.39 is 10.0 Å². The summed E-state index contributed by atoms with van der Waals surface area (Å²) in [6.45, 7) is 6.53. The van der Waals surface area contributed by atoms with Gasteiger partial charge in [-0.1, -0.05) is 30.5 Å². The van der Waals surface area contributed by atoms with Crippen molar-refractivity contribution in [3.63, 3.8) is 0 Å². The molecule has 5 heteroatoms. The van der Waals surface area contributed by atoms with Crippen molar-refractivity contribution in [3.8, 4) is 5.75 Å². The highest BCUT2D eigenvalue weighted by molar-refractivity contribution is 7.89. The van der Waals surface area contributed by atoms with Crippen LogP contribution in [0.25, 0.3) is 0 Å². The van der Waals surface area contributed by atoms with Crippen LogP contribution in [0.2, 0.25) is 0 Å². The van der Waals surface area contributed by atoms with E-state index >= 15 is 0 Å². The van der Waals surface area contributed by atoms with Crippen LogP contribution in [0.4, 0.5) is 0 Å². The summed E-state index contributed by atoms with van der Waals surface area (Å²) in [5, 5.41) is 5.27. The van der Waals surface area contributed by atoms with Gasteiger partial charge < -0.3 is 4.74 Å². The lowest BCUT2D eigenvalue weighted by Gasteiger charge is -2.28. The van der Waals surface area contributed by atoms with Crippen molar-refractivity contribution in [3.05, 3.63) is 28.8 Å². The van der Waals surface area contributed by atoms with Gasteiger partial charge in [0.25, 0.3) is 0 Å². The number of primary sulfonamides is 1. The lowest BCUT2D eigenvalue weighted by Crippen LogP contribution is -2.36. The van der Waals surface area contributed by atoms with Gasteiger partial charge in [-0.15, -0.1) is 0 Å². The summed E-state index contributed by atoms with van der Waals surface area (Å²) in [5.41, 5.74) is 3.07. The van der Waals surface area contributed by atoms with Crippen molar-refractivity contribution in [2.45, 2.75) is 46.5 Å². The molecule has 0 saturated heterocycles. The summed E-state index contributed by atoms with van der Waals surface area (Å²) >= 11 is 0. The minimum atomic E-state index is -3.48. The monoisotopic (exact) mass is 311 g/mol. The average Bonchev–Trinajstić information content (AvgIpc) is 2.73. The summed E-state index contributed by atoms with van der Waals surface area (Å²) in [4.78, 5) is 0. The maximum atomic E-state index is 11.5. The van der Waals surface area contributed by atoms with Gasteiger partial charge in [-0.2, -0.15) is 0 Å². The Kier molecular flexibility index (Phi) is 4.63. The number of nitrogens with two attached hydrogens (primary N) is 1. The second-order valence-corrected chi connectivity index (χ2v) is 8.15. The van der Waals surface area contributed by atoms with Crippen molar-refractivity contribution in [1.29, 1.82) is 0 Å². The fourth-order valence-electron chi connectivity index (χ4n) is 3.50. The lowest BCUT2D eigenvalue weighted by atomic mass is 9.90. The molecule has 0 aromatic heterocycles. The fourth-order valence-corrected chi connectivity index (χ4v) is 4.73. The summed E-state index contributed by atoms with van der Waals surface area (Å²) in [6, 6.07) is 4.17.